The van der Waals surface area contributed by atoms with E-state index < -0.39 is 0 Å². The molecule has 0 aliphatic heterocycles. The second-order valence-electron chi connectivity index (χ2n) is 4.72. The third kappa shape index (κ3) is 3.10. The maximum atomic E-state index is 12.7. The zero-order valence-electron chi connectivity index (χ0n) is 11.9. The van der Waals surface area contributed by atoms with Crippen LogP contribution in [0, 0.1) is 13.8 Å². The minimum absolute atomic E-state index is 0.00718. The first-order valence-corrected chi connectivity index (χ1v) is 7.36. The van der Waals surface area contributed by atoms with Crippen molar-refractivity contribution < 1.29 is 9.53 Å². The summed E-state index contributed by atoms with van der Waals surface area (Å²) in [4.78, 5) is 12.7. The van der Waals surface area contributed by atoms with Gasteiger partial charge in [-0.05, 0) is 44.5 Å². The molecule has 0 heterocycles. The van der Waals surface area contributed by atoms with Crippen LogP contribution in [0.15, 0.2) is 40.9 Å². The molecule has 0 saturated heterocycles. The number of hydrogen-bond donors (Lipinski definition) is 0. The molecule has 0 fully saturated rings. The number of halogens is 1. The third-order valence-corrected chi connectivity index (χ3v) is 3.61. The summed E-state index contributed by atoms with van der Waals surface area (Å²) in [5.74, 6) is 0.618. The Labute approximate surface area is 127 Å². The summed E-state index contributed by atoms with van der Waals surface area (Å²) in [5.41, 5.74) is 3.44. The Morgan fingerprint density at radius 2 is 1.85 bits per heavy atom. The Hall–Kier alpha value is -1.61. The molecule has 0 aliphatic rings. The number of carbonyl (C=O) groups is 1. The summed E-state index contributed by atoms with van der Waals surface area (Å²) in [5, 5.41) is 0. The van der Waals surface area contributed by atoms with Crippen LogP contribution in [0.5, 0.6) is 5.75 Å². The van der Waals surface area contributed by atoms with Crippen LogP contribution in [-0.2, 0) is 0 Å². The van der Waals surface area contributed by atoms with E-state index in [1.54, 1.807) is 0 Å². The van der Waals surface area contributed by atoms with Gasteiger partial charge in [0.15, 0.2) is 5.78 Å². The van der Waals surface area contributed by atoms with Crippen LogP contribution in [0.1, 0.15) is 34.0 Å². The summed E-state index contributed by atoms with van der Waals surface area (Å²) in [6.07, 6.45) is 0. The summed E-state index contributed by atoms with van der Waals surface area (Å²) in [6, 6.07) is 11.4. The highest BCUT2D eigenvalue weighted by Crippen LogP contribution is 2.27. The molecular formula is C17H17BrO2. The quantitative estimate of drug-likeness (QED) is 0.759. The molecule has 0 unspecified atom stereocenters. The largest absolute Gasteiger partial charge is 0.493 e. The summed E-state index contributed by atoms with van der Waals surface area (Å²) < 4.78 is 6.43. The molecule has 2 rings (SSSR count). The van der Waals surface area contributed by atoms with Crippen LogP contribution in [0.3, 0.4) is 0 Å². The van der Waals surface area contributed by atoms with E-state index in [1.807, 2.05) is 57.2 Å². The lowest BCUT2D eigenvalue weighted by atomic mass is 9.97. The predicted molar refractivity (Wildman–Crippen MR) is 84.7 cm³/mol. The van der Waals surface area contributed by atoms with Gasteiger partial charge in [-0.3, -0.25) is 4.79 Å². The topological polar surface area (TPSA) is 26.3 Å². The zero-order valence-corrected chi connectivity index (χ0v) is 13.5. The highest BCUT2D eigenvalue weighted by Gasteiger charge is 2.17. The predicted octanol–water partition coefficient (Wildman–Crippen LogP) is 4.70. The van der Waals surface area contributed by atoms with Crippen LogP contribution >= 0.6 is 15.9 Å². The van der Waals surface area contributed by atoms with Crippen molar-refractivity contribution in [1.29, 1.82) is 0 Å². The zero-order chi connectivity index (χ0) is 14.7. The average molecular weight is 333 g/mol. The molecule has 2 nitrogen and oxygen atoms in total. The number of carbonyl (C=O) groups excluding carboxylic acids is 1. The van der Waals surface area contributed by atoms with Crippen molar-refractivity contribution in [3.8, 4) is 5.75 Å². The molecule has 0 atom stereocenters. The third-order valence-electron chi connectivity index (χ3n) is 3.11. The first-order valence-electron chi connectivity index (χ1n) is 6.57. The van der Waals surface area contributed by atoms with Crippen molar-refractivity contribution in [3.63, 3.8) is 0 Å². The molecule has 2 aromatic carbocycles. The molecule has 0 saturated carbocycles. The number of hydrogen-bond acceptors (Lipinski definition) is 2. The van der Waals surface area contributed by atoms with Gasteiger partial charge in [0.2, 0.25) is 0 Å². The van der Waals surface area contributed by atoms with Gasteiger partial charge in [-0.2, -0.15) is 0 Å². The number of ether oxygens (including phenoxy) is 1. The highest BCUT2D eigenvalue weighted by atomic mass is 79.9. The van der Waals surface area contributed by atoms with Crippen molar-refractivity contribution in [2.75, 3.05) is 6.61 Å². The Balaban J connectivity index is 2.49. The minimum Gasteiger partial charge on any atom is -0.493 e. The monoisotopic (exact) mass is 332 g/mol. The number of rotatable bonds is 4. The van der Waals surface area contributed by atoms with Gasteiger partial charge >= 0.3 is 0 Å². The second kappa shape index (κ2) is 6.23. The normalized spacial score (nSPS) is 10.4. The van der Waals surface area contributed by atoms with Gasteiger partial charge in [0.05, 0.1) is 12.2 Å². The fourth-order valence-electron chi connectivity index (χ4n) is 2.17. The van der Waals surface area contributed by atoms with Gasteiger partial charge < -0.3 is 4.74 Å². The molecular weight excluding hydrogens is 316 g/mol. The maximum Gasteiger partial charge on any atom is 0.197 e. The first-order chi connectivity index (χ1) is 9.52. The van der Waals surface area contributed by atoms with Gasteiger partial charge in [0, 0.05) is 10.0 Å². The second-order valence-corrected chi connectivity index (χ2v) is 5.64. The lowest BCUT2D eigenvalue weighted by molar-refractivity contribution is 0.103. The number of ketones is 1. The fraction of sp³-hybridized carbons (Fsp3) is 0.235. The Kier molecular flexibility index (Phi) is 4.61. The van der Waals surface area contributed by atoms with Gasteiger partial charge in [0.25, 0.3) is 0 Å². The lowest BCUT2D eigenvalue weighted by Gasteiger charge is -2.11. The van der Waals surface area contributed by atoms with Crippen molar-refractivity contribution in [1.82, 2.24) is 0 Å². The summed E-state index contributed by atoms with van der Waals surface area (Å²) >= 11 is 3.41. The Morgan fingerprint density at radius 1 is 1.10 bits per heavy atom. The van der Waals surface area contributed by atoms with E-state index in [0.717, 1.165) is 21.2 Å². The van der Waals surface area contributed by atoms with Crippen LogP contribution in [0.2, 0.25) is 0 Å². The molecule has 2 aromatic rings. The first kappa shape index (κ1) is 14.8. The van der Waals surface area contributed by atoms with E-state index in [0.29, 0.717) is 17.9 Å². The molecule has 0 N–H and O–H groups in total. The maximum absolute atomic E-state index is 12.7. The van der Waals surface area contributed by atoms with Crippen LogP contribution in [0.25, 0.3) is 0 Å². The Bertz CT molecular complexity index is 647. The molecule has 3 heteroatoms. The van der Waals surface area contributed by atoms with Crippen molar-refractivity contribution in [3.05, 3.63) is 63.1 Å². The molecule has 0 aliphatic carbocycles. The molecule has 0 amide bonds. The smallest absolute Gasteiger partial charge is 0.197 e. The van der Waals surface area contributed by atoms with Crippen molar-refractivity contribution in [2.45, 2.75) is 20.8 Å². The van der Waals surface area contributed by atoms with E-state index in [-0.39, 0.29) is 5.78 Å². The fourth-order valence-corrected chi connectivity index (χ4v) is 2.54. The van der Waals surface area contributed by atoms with Crippen molar-refractivity contribution in [2.24, 2.45) is 0 Å². The average Bonchev–Trinajstić information content (AvgIpc) is 2.40. The minimum atomic E-state index is -0.00718. The molecule has 20 heavy (non-hydrogen) atoms. The van der Waals surface area contributed by atoms with Gasteiger partial charge in [0.1, 0.15) is 5.75 Å². The van der Waals surface area contributed by atoms with Crippen LogP contribution in [0.4, 0.5) is 0 Å². The van der Waals surface area contributed by atoms with Crippen LogP contribution in [-0.4, -0.2) is 12.4 Å². The van der Waals surface area contributed by atoms with E-state index in [1.165, 1.54) is 0 Å². The molecule has 0 radical (unpaired) electrons. The molecule has 0 aromatic heterocycles. The number of benzene rings is 2. The lowest BCUT2D eigenvalue weighted by Crippen LogP contribution is -2.07. The number of aryl methyl sites for hydroxylation is 2. The van der Waals surface area contributed by atoms with E-state index >= 15 is 0 Å². The van der Waals surface area contributed by atoms with E-state index in [2.05, 4.69) is 15.9 Å². The van der Waals surface area contributed by atoms with Gasteiger partial charge in [-0.1, -0.05) is 39.7 Å². The van der Waals surface area contributed by atoms with Gasteiger partial charge in [-0.25, -0.2) is 0 Å². The highest BCUT2D eigenvalue weighted by molar-refractivity contribution is 9.10. The van der Waals surface area contributed by atoms with Crippen LogP contribution < -0.4 is 4.74 Å². The summed E-state index contributed by atoms with van der Waals surface area (Å²) in [6.45, 7) is 6.42. The van der Waals surface area contributed by atoms with E-state index in [9.17, 15) is 4.79 Å². The standard InChI is InChI=1S/C17H17BrO2/c1-4-20-16-8-6-13(18)10-15(16)17(19)14-7-5-11(2)9-12(14)3/h5-10H,4H2,1-3H3. The molecule has 104 valence electrons. The van der Waals surface area contributed by atoms with E-state index in [4.69, 9.17) is 4.74 Å². The Morgan fingerprint density at radius 3 is 2.50 bits per heavy atom. The van der Waals surface area contributed by atoms with Gasteiger partial charge in [-0.15, -0.1) is 0 Å². The van der Waals surface area contributed by atoms with Crippen molar-refractivity contribution >= 4 is 21.7 Å². The molecule has 0 spiro atoms. The summed E-state index contributed by atoms with van der Waals surface area (Å²) in [7, 11) is 0. The molecule has 0 bridgehead atoms. The SMILES string of the molecule is CCOc1ccc(Br)cc1C(=O)c1ccc(C)cc1C.